The molecule has 4 atom stereocenters. The lowest BCUT2D eigenvalue weighted by molar-refractivity contribution is -0.0432. The van der Waals surface area contributed by atoms with E-state index in [0.29, 0.717) is 23.4 Å². The third-order valence-corrected chi connectivity index (χ3v) is 5.54. The summed E-state index contributed by atoms with van der Waals surface area (Å²) in [5.74, 6) is 0.365. The van der Waals surface area contributed by atoms with Gasteiger partial charge in [-0.25, -0.2) is 19.7 Å². The Labute approximate surface area is 203 Å². The van der Waals surface area contributed by atoms with E-state index in [-0.39, 0.29) is 19.0 Å². The van der Waals surface area contributed by atoms with Gasteiger partial charge in [0.25, 0.3) is 0 Å². The van der Waals surface area contributed by atoms with E-state index in [2.05, 4.69) is 19.9 Å². The quantitative estimate of drug-likeness (QED) is 0.147. The topological polar surface area (TPSA) is 267 Å². The number of imidazole rings is 1. The maximum atomic E-state index is 11.4. The van der Waals surface area contributed by atoms with Crippen LogP contribution in [0.3, 0.4) is 0 Å². The molecule has 0 radical (unpaired) electrons. The van der Waals surface area contributed by atoms with Gasteiger partial charge in [0.15, 0.2) is 11.5 Å². The normalized spacial score (nSPS) is 20.8. The number of aliphatic hydroxyl groups excluding tert-OH is 3. The van der Waals surface area contributed by atoms with Crippen molar-refractivity contribution in [3.63, 3.8) is 0 Å². The van der Waals surface area contributed by atoms with Crippen LogP contribution in [-0.2, 0) is 20.6 Å². The Balaban J connectivity index is 0.000000201. The minimum absolute atomic E-state index is 0.0629. The zero-order valence-corrected chi connectivity index (χ0v) is 19.7. The smallest absolute Gasteiger partial charge is 0.350 e. The maximum Gasteiger partial charge on any atom is 0.350 e. The maximum absolute atomic E-state index is 11.4. The number of hydrogen-bond donors (Lipinski definition) is 7. The van der Waals surface area contributed by atoms with Crippen molar-refractivity contribution >= 4 is 30.4 Å². The highest BCUT2D eigenvalue weighted by atomic mass is 31.2. The lowest BCUT2D eigenvalue weighted by atomic mass is 10.2. The molecule has 0 spiro atoms. The first-order valence-electron chi connectivity index (χ1n) is 10.5. The first kappa shape index (κ1) is 27.6. The van der Waals surface area contributed by atoms with Crippen LogP contribution < -0.4 is 17.2 Å². The van der Waals surface area contributed by atoms with Crippen LogP contribution in [0, 0.1) is 0 Å². The highest BCUT2D eigenvalue weighted by molar-refractivity contribution is 7.51. The molecule has 0 saturated carbocycles. The summed E-state index contributed by atoms with van der Waals surface area (Å²) in [4.78, 5) is 44.2. The van der Waals surface area contributed by atoms with Crippen molar-refractivity contribution in [2.45, 2.75) is 37.5 Å². The molecule has 36 heavy (non-hydrogen) atoms. The van der Waals surface area contributed by atoms with Gasteiger partial charge in [0.1, 0.15) is 36.3 Å². The second-order valence-corrected chi connectivity index (χ2v) is 9.34. The molecule has 4 heterocycles. The largest absolute Gasteiger partial charge is 0.394 e. The Kier molecular flexibility index (Phi) is 9.04. The van der Waals surface area contributed by atoms with Crippen LogP contribution in [0.5, 0.6) is 0 Å². The summed E-state index contributed by atoms with van der Waals surface area (Å²) in [7, 11) is -4.31. The number of hydrogen-bond acceptors (Lipinski definition) is 13. The summed E-state index contributed by atoms with van der Waals surface area (Å²) in [6.07, 6.45) is 1.21. The number of fused-ring (bicyclic) bond motifs is 1. The van der Waals surface area contributed by atoms with Gasteiger partial charge in [-0.1, -0.05) is 0 Å². The van der Waals surface area contributed by atoms with E-state index in [1.54, 1.807) is 10.9 Å². The average Bonchev–Trinajstić information content (AvgIpc) is 3.41. The molecule has 0 amide bonds. The van der Waals surface area contributed by atoms with Crippen molar-refractivity contribution in [2.75, 3.05) is 31.0 Å². The molecule has 0 aliphatic carbocycles. The van der Waals surface area contributed by atoms with Gasteiger partial charge in [0.05, 0.1) is 38.3 Å². The second-order valence-electron chi connectivity index (χ2n) is 7.75. The molecule has 17 nitrogen and oxygen atoms in total. The number of nitrogen functional groups attached to an aromatic ring is 2. The number of ether oxygens (including phenoxy) is 2. The van der Waals surface area contributed by atoms with Crippen molar-refractivity contribution in [1.29, 1.82) is 0 Å². The Morgan fingerprint density at radius 3 is 2.61 bits per heavy atom. The molecule has 0 unspecified atom stereocenters. The number of anilines is 2. The van der Waals surface area contributed by atoms with E-state index in [4.69, 9.17) is 40.9 Å². The van der Waals surface area contributed by atoms with E-state index in [1.165, 1.54) is 18.6 Å². The van der Waals surface area contributed by atoms with E-state index < -0.39 is 50.8 Å². The summed E-state index contributed by atoms with van der Waals surface area (Å²) in [6, 6.07) is 1.39. The Bertz CT molecular complexity index is 1260. The molecule has 18 heteroatoms. The fourth-order valence-electron chi connectivity index (χ4n) is 3.30. The number of aliphatic hydroxyl groups is 3. The first-order valence-corrected chi connectivity index (χ1v) is 12.3. The minimum atomic E-state index is -4.31. The van der Waals surface area contributed by atoms with Crippen molar-refractivity contribution in [3.05, 3.63) is 35.4 Å². The molecule has 3 aromatic heterocycles. The van der Waals surface area contributed by atoms with E-state index in [1.807, 2.05) is 0 Å². The molecule has 3 aromatic rings. The molecule has 0 bridgehead atoms. The standard InChI is InChI=1S/C10H13N5O3.C8H14N3O6P/c11-9-8-10(13-3-12-9)15(4-14-8)7-1-5(17)6(2-16)18-7;9-7-1-2-11(8(13)10-7)3-6(4-12)17-5-18(14,15)16/h3-7,16-17H,1-2H2,(H2,11,12,13);1-2,6,12H,3-5H2,(H2,9,10,13)(H2,14,15,16)/t5-,6+,7+;6-/m00/s1. The van der Waals surface area contributed by atoms with E-state index in [0.717, 1.165) is 4.57 Å². The number of nitrogens with zero attached hydrogens (tertiary/aromatic N) is 6. The molecular formula is C18H27N8O9P. The Morgan fingerprint density at radius 1 is 1.25 bits per heavy atom. The summed E-state index contributed by atoms with van der Waals surface area (Å²) in [5.41, 5.74) is 11.4. The van der Waals surface area contributed by atoms with Crippen LogP contribution >= 0.6 is 7.60 Å². The van der Waals surface area contributed by atoms with Gasteiger partial charge in [-0.15, -0.1) is 0 Å². The second kappa shape index (κ2) is 11.8. The van der Waals surface area contributed by atoms with Crippen LogP contribution in [0.2, 0.25) is 0 Å². The minimum Gasteiger partial charge on any atom is -0.394 e. The molecule has 1 saturated heterocycles. The average molecular weight is 530 g/mol. The fourth-order valence-corrected chi connectivity index (χ4v) is 3.70. The summed E-state index contributed by atoms with van der Waals surface area (Å²) < 4.78 is 23.8. The summed E-state index contributed by atoms with van der Waals surface area (Å²) >= 11 is 0. The van der Waals surface area contributed by atoms with Crippen molar-refractivity contribution < 1.29 is 39.1 Å². The predicted octanol–water partition coefficient (Wildman–Crippen LogP) is -2.61. The van der Waals surface area contributed by atoms with Crippen LogP contribution in [0.4, 0.5) is 11.6 Å². The van der Waals surface area contributed by atoms with Crippen LogP contribution in [0.15, 0.2) is 29.7 Å². The molecular weight excluding hydrogens is 503 g/mol. The Morgan fingerprint density at radius 2 is 2.00 bits per heavy atom. The van der Waals surface area contributed by atoms with Gasteiger partial charge in [-0.05, 0) is 6.07 Å². The summed E-state index contributed by atoms with van der Waals surface area (Å²) in [5, 5.41) is 27.8. The predicted molar refractivity (Wildman–Crippen MR) is 123 cm³/mol. The highest BCUT2D eigenvalue weighted by Gasteiger charge is 2.35. The lowest BCUT2D eigenvalue weighted by Crippen LogP contribution is -2.32. The third-order valence-electron chi connectivity index (χ3n) is 5.06. The van der Waals surface area contributed by atoms with Crippen LogP contribution in [-0.4, -0.2) is 92.1 Å². The van der Waals surface area contributed by atoms with E-state index in [9.17, 15) is 14.5 Å². The highest BCUT2D eigenvalue weighted by Crippen LogP contribution is 2.34. The van der Waals surface area contributed by atoms with Crippen molar-refractivity contribution in [2.24, 2.45) is 0 Å². The van der Waals surface area contributed by atoms with Gasteiger partial charge in [-0.3, -0.25) is 13.7 Å². The summed E-state index contributed by atoms with van der Waals surface area (Å²) in [6.45, 7) is -0.791. The molecule has 9 N–H and O–H groups in total. The molecule has 1 aliphatic heterocycles. The van der Waals surface area contributed by atoms with Crippen molar-refractivity contribution in [3.8, 4) is 0 Å². The van der Waals surface area contributed by atoms with Gasteiger partial charge < -0.3 is 46.0 Å². The van der Waals surface area contributed by atoms with Gasteiger partial charge in [-0.2, -0.15) is 4.98 Å². The molecule has 4 rings (SSSR count). The van der Waals surface area contributed by atoms with Gasteiger partial charge >= 0.3 is 13.3 Å². The molecule has 1 aliphatic rings. The molecule has 1 fully saturated rings. The van der Waals surface area contributed by atoms with Gasteiger partial charge in [0, 0.05) is 12.6 Å². The van der Waals surface area contributed by atoms with Crippen LogP contribution in [0.1, 0.15) is 12.6 Å². The number of aromatic nitrogens is 6. The van der Waals surface area contributed by atoms with E-state index >= 15 is 0 Å². The number of rotatable bonds is 8. The van der Waals surface area contributed by atoms with Gasteiger partial charge in [0.2, 0.25) is 0 Å². The number of nitrogens with two attached hydrogens (primary N) is 2. The fraction of sp³-hybridized carbons (Fsp3) is 0.500. The lowest BCUT2D eigenvalue weighted by Gasteiger charge is -2.16. The molecule has 0 aromatic carbocycles. The molecule has 198 valence electrons. The zero-order valence-electron chi connectivity index (χ0n) is 18.8. The first-order chi connectivity index (χ1) is 17.0. The SMILES string of the molecule is Nc1ccn(C[C@@H](CO)OCP(=O)(O)O)c(=O)n1.Nc1ncnc2c1ncn2[C@H]1C[C@H](O)[C@@H](CO)O1. The monoisotopic (exact) mass is 530 g/mol. The van der Waals surface area contributed by atoms with Crippen molar-refractivity contribution in [1.82, 2.24) is 29.1 Å². The Hall–Kier alpha value is -3.02. The van der Waals surface area contributed by atoms with Crippen LogP contribution in [0.25, 0.3) is 11.2 Å². The zero-order chi connectivity index (χ0) is 26.5. The third kappa shape index (κ3) is 7.02.